The summed E-state index contributed by atoms with van der Waals surface area (Å²) in [5, 5.41) is 3.01. The van der Waals surface area contributed by atoms with Crippen LogP contribution in [0.1, 0.15) is 38.7 Å². The van der Waals surface area contributed by atoms with Crippen molar-refractivity contribution in [2.75, 3.05) is 19.1 Å². The maximum atomic E-state index is 11.2. The largest absolute Gasteiger partial charge is 0.355 e. The van der Waals surface area contributed by atoms with Gasteiger partial charge in [-0.25, -0.2) is 4.98 Å². The highest BCUT2D eigenvalue weighted by molar-refractivity contribution is 7.98. The summed E-state index contributed by atoms with van der Waals surface area (Å²) < 4.78 is 0. The lowest BCUT2D eigenvalue weighted by Gasteiger charge is -2.06. The predicted octanol–water partition coefficient (Wildman–Crippen LogP) is 3.15. The van der Waals surface area contributed by atoms with Gasteiger partial charge in [0.25, 0.3) is 5.56 Å². The molecule has 124 valence electrons. The van der Waals surface area contributed by atoms with Gasteiger partial charge < -0.3 is 15.3 Å². The van der Waals surface area contributed by atoms with Gasteiger partial charge in [-0.05, 0) is 31.4 Å². The second kappa shape index (κ2) is 10.5. The summed E-state index contributed by atoms with van der Waals surface area (Å²) in [6.45, 7) is 5.30. The van der Waals surface area contributed by atoms with Crippen LogP contribution < -0.4 is 10.9 Å². The van der Waals surface area contributed by atoms with E-state index in [1.165, 1.54) is 31.3 Å². The molecule has 22 heavy (non-hydrogen) atoms. The maximum Gasteiger partial charge on any atom is 0.275 e. The summed E-state index contributed by atoms with van der Waals surface area (Å²) in [5.41, 5.74) is 2.14. The minimum atomic E-state index is -0.132. The normalized spacial score (nSPS) is 12.0. The molecular weight excluding hydrogens is 296 g/mol. The Morgan fingerprint density at radius 1 is 1.41 bits per heavy atom. The third-order valence-electron chi connectivity index (χ3n) is 3.42. The zero-order chi connectivity index (χ0) is 16.4. The summed E-state index contributed by atoms with van der Waals surface area (Å²) in [7, 11) is 1.85. The first kappa shape index (κ1) is 18.8. The van der Waals surface area contributed by atoms with Crippen molar-refractivity contribution in [3.63, 3.8) is 0 Å². The molecule has 0 saturated heterocycles. The van der Waals surface area contributed by atoms with E-state index in [4.69, 9.17) is 0 Å². The van der Waals surface area contributed by atoms with Gasteiger partial charge in [-0.1, -0.05) is 26.7 Å². The summed E-state index contributed by atoms with van der Waals surface area (Å²) in [6.07, 6.45) is 9.56. The molecule has 2 aromatic rings. The van der Waals surface area contributed by atoms with E-state index in [-0.39, 0.29) is 5.56 Å². The predicted molar refractivity (Wildman–Crippen MR) is 96.5 cm³/mol. The van der Waals surface area contributed by atoms with Gasteiger partial charge in [0.2, 0.25) is 0 Å². The lowest BCUT2D eigenvalue weighted by Crippen LogP contribution is -2.07. The van der Waals surface area contributed by atoms with Crippen molar-refractivity contribution in [1.82, 2.24) is 20.3 Å². The van der Waals surface area contributed by atoms with E-state index in [0.29, 0.717) is 12.1 Å². The number of nitrogens with zero attached hydrogens (tertiary/aromatic N) is 1. The number of fused-ring (bicyclic) bond motifs is 1. The van der Waals surface area contributed by atoms with Crippen molar-refractivity contribution in [3.8, 4) is 0 Å². The molecule has 0 radical (unpaired) electrons. The minimum absolute atomic E-state index is 0.132. The van der Waals surface area contributed by atoms with Gasteiger partial charge in [0.05, 0.1) is 11.8 Å². The molecule has 2 aromatic heterocycles. The summed E-state index contributed by atoms with van der Waals surface area (Å²) >= 11 is 1.96. The van der Waals surface area contributed by atoms with Crippen LogP contribution in [0.15, 0.2) is 17.3 Å². The molecule has 0 fully saturated rings. The second-order valence-electron chi connectivity index (χ2n) is 5.50. The van der Waals surface area contributed by atoms with Crippen LogP contribution in [0, 0.1) is 5.92 Å². The van der Waals surface area contributed by atoms with E-state index in [2.05, 4.69) is 40.4 Å². The van der Waals surface area contributed by atoms with Crippen molar-refractivity contribution in [3.05, 3.63) is 28.4 Å². The fourth-order valence-electron chi connectivity index (χ4n) is 2.25. The highest BCUT2D eigenvalue weighted by atomic mass is 32.2. The third kappa shape index (κ3) is 5.85. The highest BCUT2D eigenvalue weighted by Crippen LogP contribution is 2.12. The quantitative estimate of drug-likeness (QED) is 0.731. The average molecular weight is 324 g/mol. The van der Waals surface area contributed by atoms with Crippen molar-refractivity contribution < 1.29 is 0 Å². The number of hydrogen-bond donors (Lipinski definition) is 3. The topological polar surface area (TPSA) is 73.6 Å². The summed E-state index contributed by atoms with van der Waals surface area (Å²) in [6, 6.07) is 0. The van der Waals surface area contributed by atoms with Gasteiger partial charge in [-0.3, -0.25) is 4.79 Å². The first-order chi connectivity index (χ1) is 10.6. The lowest BCUT2D eigenvalue weighted by molar-refractivity contribution is 0.558. The molecular formula is C16H28N4OS. The van der Waals surface area contributed by atoms with Gasteiger partial charge in [-0.2, -0.15) is 11.8 Å². The number of hydrogen-bond acceptors (Lipinski definition) is 4. The van der Waals surface area contributed by atoms with Crippen molar-refractivity contribution >= 4 is 22.8 Å². The van der Waals surface area contributed by atoms with Crippen LogP contribution in [0.25, 0.3) is 11.0 Å². The number of aromatic nitrogens is 3. The first-order valence-electron chi connectivity index (χ1n) is 7.81. The number of aromatic amines is 2. The van der Waals surface area contributed by atoms with E-state index < -0.39 is 0 Å². The Kier molecular flexibility index (Phi) is 8.92. The Bertz CT molecular complexity index is 593. The van der Waals surface area contributed by atoms with Crippen LogP contribution in [0.2, 0.25) is 0 Å². The second-order valence-corrected chi connectivity index (χ2v) is 6.41. The zero-order valence-corrected chi connectivity index (χ0v) is 14.8. The first-order valence-corrected chi connectivity index (χ1v) is 9.20. The molecule has 0 spiro atoms. The van der Waals surface area contributed by atoms with Crippen LogP contribution in [0.5, 0.6) is 0 Å². The van der Waals surface area contributed by atoms with Gasteiger partial charge in [-0.15, -0.1) is 0 Å². The molecule has 2 rings (SSSR count). The van der Waals surface area contributed by atoms with Crippen molar-refractivity contribution in [1.29, 1.82) is 0 Å². The third-order valence-corrected chi connectivity index (χ3v) is 4.32. The van der Waals surface area contributed by atoms with Gasteiger partial charge in [0.15, 0.2) is 0 Å². The Labute approximate surface area is 136 Å². The molecule has 0 aliphatic heterocycles. The average Bonchev–Trinajstić information content (AvgIpc) is 2.91. The molecule has 0 aliphatic carbocycles. The summed E-state index contributed by atoms with van der Waals surface area (Å²) in [4.78, 5) is 20.7. The molecule has 0 saturated carbocycles. The molecule has 0 aromatic carbocycles. The number of rotatable bonds is 7. The summed E-state index contributed by atoms with van der Waals surface area (Å²) in [5.74, 6) is 2.26. The van der Waals surface area contributed by atoms with E-state index in [9.17, 15) is 4.79 Å². The van der Waals surface area contributed by atoms with Crippen LogP contribution in [-0.4, -0.2) is 34.0 Å². The fourth-order valence-corrected chi connectivity index (χ4v) is 2.99. The fraction of sp³-hybridized carbons (Fsp3) is 0.625. The molecule has 5 nitrogen and oxygen atoms in total. The Balaban J connectivity index is 0.000000239. The monoisotopic (exact) mass is 324 g/mol. The molecule has 2 heterocycles. The number of unbranched alkanes of at least 4 members (excludes halogenated alkanes) is 1. The Morgan fingerprint density at radius 2 is 2.18 bits per heavy atom. The molecule has 1 atom stereocenters. The SMILES string of the molecule is CCCCC(C)CSC.CNCc1c[nH]c2c(=O)[nH]cnc12. The van der Waals surface area contributed by atoms with E-state index in [1.54, 1.807) is 6.20 Å². The standard InChI is InChI=1S/C8H10N4O.C8H18S/c1-9-2-5-3-10-7-6(5)11-4-12-8(7)13;1-4-5-6-8(2)7-9-3/h3-4,9-10H,2H2,1H3,(H,11,12,13);8H,4-7H2,1-3H3. The Morgan fingerprint density at radius 3 is 2.82 bits per heavy atom. The van der Waals surface area contributed by atoms with Crippen molar-refractivity contribution in [2.45, 2.75) is 39.7 Å². The van der Waals surface area contributed by atoms with Crippen LogP contribution >= 0.6 is 11.8 Å². The van der Waals surface area contributed by atoms with Gasteiger partial charge in [0.1, 0.15) is 5.52 Å². The van der Waals surface area contributed by atoms with Crippen LogP contribution in [-0.2, 0) is 6.54 Å². The van der Waals surface area contributed by atoms with Gasteiger partial charge >= 0.3 is 0 Å². The molecule has 3 N–H and O–H groups in total. The van der Waals surface area contributed by atoms with Gasteiger partial charge in [0, 0.05) is 18.3 Å². The van der Waals surface area contributed by atoms with Crippen LogP contribution in [0.4, 0.5) is 0 Å². The maximum absolute atomic E-state index is 11.2. The number of H-pyrrole nitrogens is 2. The molecule has 0 aliphatic rings. The smallest absolute Gasteiger partial charge is 0.275 e. The number of thioether (sulfide) groups is 1. The zero-order valence-electron chi connectivity index (χ0n) is 14.0. The molecule has 0 amide bonds. The minimum Gasteiger partial charge on any atom is -0.355 e. The van der Waals surface area contributed by atoms with Crippen molar-refractivity contribution in [2.24, 2.45) is 5.92 Å². The Hall–Kier alpha value is -1.27. The lowest BCUT2D eigenvalue weighted by atomic mass is 10.1. The van der Waals surface area contributed by atoms with E-state index in [0.717, 1.165) is 17.0 Å². The van der Waals surface area contributed by atoms with Crippen LogP contribution in [0.3, 0.4) is 0 Å². The molecule has 0 bridgehead atoms. The molecule has 1 unspecified atom stereocenters. The highest BCUT2D eigenvalue weighted by Gasteiger charge is 2.05. The molecule has 6 heteroatoms. The number of nitrogens with one attached hydrogen (secondary N) is 3. The van der Waals surface area contributed by atoms with E-state index in [1.807, 2.05) is 18.8 Å². The van der Waals surface area contributed by atoms with E-state index >= 15 is 0 Å².